The second-order valence-corrected chi connectivity index (χ2v) is 3.80. The van der Waals surface area contributed by atoms with E-state index in [1.807, 2.05) is 11.8 Å². The summed E-state index contributed by atoms with van der Waals surface area (Å²) in [6, 6.07) is 0. The molecule has 0 aromatic carbocycles. The number of nitrogens with zero attached hydrogens (tertiary/aromatic N) is 4. The van der Waals surface area contributed by atoms with E-state index in [4.69, 9.17) is 4.74 Å². The number of hydrogen-bond donors (Lipinski definition) is 1. The SMILES string of the molecule is CCCN(CC(=O)OC)c1ncnc2nc[nH]c12. The molecule has 0 saturated heterocycles. The van der Waals surface area contributed by atoms with Crippen molar-refractivity contribution >= 4 is 23.0 Å². The molecule has 7 nitrogen and oxygen atoms in total. The third-order valence-electron chi connectivity index (χ3n) is 2.54. The van der Waals surface area contributed by atoms with Crippen LogP contribution in [0.25, 0.3) is 11.2 Å². The van der Waals surface area contributed by atoms with E-state index in [-0.39, 0.29) is 12.5 Å². The number of rotatable bonds is 5. The van der Waals surface area contributed by atoms with Gasteiger partial charge in [0, 0.05) is 6.54 Å². The lowest BCUT2D eigenvalue weighted by atomic mass is 10.3. The monoisotopic (exact) mass is 249 g/mol. The van der Waals surface area contributed by atoms with Gasteiger partial charge in [-0.15, -0.1) is 0 Å². The zero-order valence-corrected chi connectivity index (χ0v) is 10.4. The summed E-state index contributed by atoms with van der Waals surface area (Å²) < 4.78 is 4.69. The molecule has 0 fully saturated rings. The van der Waals surface area contributed by atoms with Gasteiger partial charge in [-0.3, -0.25) is 4.79 Å². The van der Waals surface area contributed by atoms with Crippen molar-refractivity contribution in [1.82, 2.24) is 19.9 Å². The number of hydrogen-bond acceptors (Lipinski definition) is 6. The summed E-state index contributed by atoms with van der Waals surface area (Å²) in [5, 5.41) is 0. The van der Waals surface area contributed by atoms with Gasteiger partial charge < -0.3 is 14.6 Å². The number of imidazole rings is 1. The van der Waals surface area contributed by atoms with Gasteiger partial charge in [0.25, 0.3) is 0 Å². The summed E-state index contributed by atoms with van der Waals surface area (Å²) in [7, 11) is 1.37. The van der Waals surface area contributed by atoms with E-state index in [1.165, 1.54) is 13.4 Å². The molecule has 0 unspecified atom stereocenters. The molecule has 0 aliphatic rings. The summed E-state index contributed by atoms with van der Waals surface area (Å²) >= 11 is 0. The molecular formula is C11H15N5O2. The molecule has 0 atom stereocenters. The predicted molar refractivity (Wildman–Crippen MR) is 66.2 cm³/mol. The maximum atomic E-state index is 11.4. The van der Waals surface area contributed by atoms with E-state index in [0.29, 0.717) is 18.0 Å². The number of esters is 1. The predicted octanol–water partition coefficient (Wildman–Crippen LogP) is 0.742. The van der Waals surface area contributed by atoms with Gasteiger partial charge in [0.2, 0.25) is 0 Å². The van der Waals surface area contributed by atoms with Crippen LogP contribution >= 0.6 is 0 Å². The molecule has 1 N–H and O–H groups in total. The van der Waals surface area contributed by atoms with Crippen molar-refractivity contribution in [2.75, 3.05) is 25.1 Å². The van der Waals surface area contributed by atoms with Gasteiger partial charge in [0.15, 0.2) is 11.5 Å². The van der Waals surface area contributed by atoms with Gasteiger partial charge in [-0.25, -0.2) is 15.0 Å². The Balaban J connectivity index is 2.34. The molecule has 0 aliphatic heterocycles. The number of anilines is 1. The fraction of sp³-hybridized carbons (Fsp3) is 0.455. The number of ether oxygens (including phenoxy) is 1. The molecule has 0 bridgehead atoms. The molecule has 2 aromatic rings. The minimum atomic E-state index is -0.297. The maximum absolute atomic E-state index is 11.4. The minimum Gasteiger partial charge on any atom is -0.468 e. The third-order valence-corrected chi connectivity index (χ3v) is 2.54. The Labute approximate surface area is 104 Å². The summed E-state index contributed by atoms with van der Waals surface area (Å²) in [5.74, 6) is 0.375. The van der Waals surface area contributed by atoms with Crippen molar-refractivity contribution < 1.29 is 9.53 Å². The molecule has 18 heavy (non-hydrogen) atoms. The first-order valence-electron chi connectivity index (χ1n) is 5.72. The topological polar surface area (TPSA) is 84.0 Å². The standard InChI is InChI=1S/C11H15N5O2/c1-3-4-16(5-8(17)18-2)11-9-10(13-6-12-9)14-7-15-11/h6-7H,3-5H2,1-2H3,(H,12,13,14,15). The first kappa shape index (κ1) is 12.3. The Hall–Kier alpha value is -2.18. The van der Waals surface area contributed by atoms with Crippen molar-refractivity contribution in [2.45, 2.75) is 13.3 Å². The first-order chi connectivity index (χ1) is 8.76. The molecule has 2 rings (SSSR count). The lowest BCUT2D eigenvalue weighted by Gasteiger charge is -2.21. The van der Waals surface area contributed by atoms with Crippen LogP contribution in [0, 0.1) is 0 Å². The molecule has 0 aliphatic carbocycles. The van der Waals surface area contributed by atoms with E-state index in [0.717, 1.165) is 11.9 Å². The number of H-pyrrole nitrogens is 1. The van der Waals surface area contributed by atoms with Crippen LogP contribution in [0.1, 0.15) is 13.3 Å². The number of aromatic nitrogens is 4. The Kier molecular flexibility index (Phi) is 3.71. The molecule has 2 aromatic heterocycles. The Morgan fingerprint density at radius 3 is 3.00 bits per heavy atom. The largest absolute Gasteiger partial charge is 0.468 e. The van der Waals surface area contributed by atoms with Crippen molar-refractivity contribution in [3.8, 4) is 0 Å². The molecule has 2 heterocycles. The molecule has 0 amide bonds. The van der Waals surface area contributed by atoms with Crippen LogP contribution in [-0.2, 0) is 9.53 Å². The average Bonchev–Trinajstić information content (AvgIpc) is 2.86. The first-order valence-corrected chi connectivity index (χ1v) is 5.72. The van der Waals surface area contributed by atoms with Crippen molar-refractivity contribution in [3.63, 3.8) is 0 Å². The molecule has 0 spiro atoms. The van der Waals surface area contributed by atoms with Crippen molar-refractivity contribution in [2.24, 2.45) is 0 Å². The number of methoxy groups -OCH3 is 1. The highest BCUT2D eigenvalue weighted by Crippen LogP contribution is 2.19. The summed E-state index contributed by atoms with van der Waals surface area (Å²) in [6.45, 7) is 2.91. The second kappa shape index (κ2) is 5.44. The molecule has 7 heteroatoms. The van der Waals surface area contributed by atoms with E-state index >= 15 is 0 Å². The van der Waals surface area contributed by atoms with Crippen molar-refractivity contribution in [3.05, 3.63) is 12.7 Å². The lowest BCUT2D eigenvalue weighted by Crippen LogP contribution is -2.32. The number of carbonyl (C=O) groups is 1. The van der Waals surface area contributed by atoms with E-state index < -0.39 is 0 Å². The summed E-state index contributed by atoms with van der Waals surface area (Å²) in [6.07, 6.45) is 3.90. The van der Waals surface area contributed by atoms with Gasteiger partial charge in [-0.1, -0.05) is 6.92 Å². The Morgan fingerprint density at radius 2 is 2.28 bits per heavy atom. The summed E-state index contributed by atoms with van der Waals surface area (Å²) in [5.41, 5.74) is 1.32. The van der Waals surface area contributed by atoms with Gasteiger partial charge >= 0.3 is 5.97 Å². The van der Waals surface area contributed by atoms with Crippen LogP contribution in [0.4, 0.5) is 5.82 Å². The van der Waals surface area contributed by atoms with Crippen LogP contribution in [0.5, 0.6) is 0 Å². The molecule has 96 valence electrons. The maximum Gasteiger partial charge on any atom is 0.325 e. The number of aromatic amines is 1. The number of carbonyl (C=O) groups excluding carboxylic acids is 1. The highest BCUT2D eigenvalue weighted by molar-refractivity contribution is 5.85. The van der Waals surface area contributed by atoms with Crippen LogP contribution in [0.3, 0.4) is 0 Å². The van der Waals surface area contributed by atoms with Crippen LogP contribution in [-0.4, -0.2) is 46.1 Å². The van der Waals surface area contributed by atoms with E-state index in [2.05, 4.69) is 19.9 Å². The normalized spacial score (nSPS) is 10.6. The second-order valence-electron chi connectivity index (χ2n) is 3.80. The van der Waals surface area contributed by atoms with Crippen LogP contribution in [0.15, 0.2) is 12.7 Å². The lowest BCUT2D eigenvalue weighted by molar-refractivity contribution is -0.138. The van der Waals surface area contributed by atoms with E-state index in [1.54, 1.807) is 6.33 Å². The van der Waals surface area contributed by atoms with Crippen LogP contribution in [0.2, 0.25) is 0 Å². The minimum absolute atomic E-state index is 0.162. The zero-order chi connectivity index (χ0) is 13.0. The molecular weight excluding hydrogens is 234 g/mol. The highest BCUT2D eigenvalue weighted by Gasteiger charge is 2.16. The third kappa shape index (κ3) is 2.39. The van der Waals surface area contributed by atoms with Crippen molar-refractivity contribution in [1.29, 1.82) is 0 Å². The Morgan fingerprint density at radius 1 is 1.44 bits per heavy atom. The van der Waals surface area contributed by atoms with Gasteiger partial charge in [-0.05, 0) is 6.42 Å². The van der Waals surface area contributed by atoms with Gasteiger partial charge in [-0.2, -0.15) is 0 Å². The quantitative estimate of drug-likeness (QED) is 0.787. The van der Waals surface area contributed by atoms with Gasteiger partial charge in [0.05, 0.1) is 13.4 Å². The fourth-order valence-electron chi connectivity index (χ4n) is 1.74. The number of fused-ring (bicyclic) bond motifs is 1. The number of nitrogens with one attached hydrogen (secondary N) is 1. The zero-order valence-electron chi connectivity index (χ0n) is 10.4. The van der Waals surface area contributed by atoms with Gasteiger partial charge in [0.1, 0.15) is 18.4 Å². The smallest absolute Gasteiger partial charge is 0.325 e. The van der Waals surface area contributed by atoms with E-state index in [9.17, 15) is 4.79 Å². The summed E-state index contributed by atoms with van der Waals surface area (Å²) in [4.78, 5) is 28.6. The molecule has 0 radical (unpaired) electrons. The fourth-order valence-corrected chi connectivity index (χ4v) is 1.74. The highest BCUT2D eigenvalue weighted by atomic mass is 16.5. The molecule has 0 saturated carbocycles. The Bertz CT molecular complexity index is 539. The average molecular weight is 249 g/mol. The van der Waals surface area contributed by atoms with Crippen LogP contribution < -0.4 is 4.90 Å².